The molecule has 1 saturated heterocycles. The summed E-state index contributed by atoms with van der Waals surface area (Å²) in [5, 5.41) is 3.83. The van der Waals surface area contributed by atoms with Gasteiger partial charge in [0, 0.05) is 12.6 Å². The average molecular weight is 253 g/mol. The third-order valence-corrected chi connectivity index (χ3v) is 5.11. The minimum Gasteiger partial charge on any atom is -0.375 e. The topological polar surface area (TPSA) is 21.3 Å². The van der Waals surface area contributed by atoms with Gasteiger partial charge in [-0.05, 0) is 56.4 Å². The first-order valence-electron chi connectivity index (χ1n) is 7.90. The van der Waals surface area contributed by atoms with Crippen LogP contribution in [0.3, 0.4) is 0 Å². The largest absolute Gasteiger partial charge is 0.375 e. The van der Waals surface area contributed by atoms with E-state index in [1.54, 1.807) is 0 Å². The third-order valence-electron chi connectivity index (χ3n) is 5.11. The van der Waals surface area contributed by atoms with Crippen molar-refractivity contribution in [1.82, 2.24) is 5.32 Å². The summed E-state index contributed by atoms with van der Waals surface area (Å²) in [5.74, 6) is 2.34. The quantitative estimate of drug-likeness (QED) is 0.808. The zero-order valence-electron chi connectivity index (χ0n) is 12.7. The summed E-state index contributed by atoms with van der Waals surface area (Å²) in [6, 6.07) is 0.694. The molecule has 0 aromatic heterocycles. The molecule has 2 nitrogen and oxygen atoms in total. The zero-order valence-corrected chi connectivity index (χ0v) is 12.7. The van der Waals surface area contributed by atoms with Gasteiger partial charge in [-0.25, -0.2) is 0 Å². The van der Waals surface area contributed by atoms with Crippen molar-refractivity contribution in [2.75, 3.05) is 13.2 Å². The van der Waals surface area contributed by atoms with Crippen molar-refractivity contribution in [3.8, 4) is 0 Å². The maximum atomic E-state index is 5.99. The maximum absolute atomic E-state index is 5.99. The molecule has 0 aromatic rings. The lowest BCUT2D eigenvalue weighted by atomic mass is 9.73. The molecular formula is C16H31NO. The van der Waals surface area contributed by atoms with Crippen LogP contribution in [0.4, 0.5) is 0 Å². The summed E-state index contributed by atoms with van der Waals surface area (Å²) in [5.41, 5.74) is 0.279. The highest BCUT2D eigenvalue weighted by atomic mass is 16.5. The Balaban J connectivity index is 1.78. The van der Waals surface area contributed by atoms with Gasteiger partial charge in [0.05, 0.1) is 5.60 Å². The number of nitrogens with one attached hydrogen (secondary N) is 1. The van der Waals surface area contributed by atoms with E-state index in [-0.39, 0.29) is 5.60 Å². The molecule has 0 aromatic carbocycles. The van der Waals surface area contributed by atoms with Gasteiger partial charge in [-0.1, -0.05) is 27.7 Å². The van der Waals surface area contributed by atoms with Gasteiger partial charge in [0.15, 0.2) is 0 Å². The van der Waals surface area contributed by atoms with Gasteiger partial charge in [0.2, 0.25) is 0 Å². The molecule has 2 fully saturated rings. The van der Waals surface area contributed by atoms with Crippen LogP contribution in [0.2, 0.25) is 0 Å². The van der Waals surface area contributed by atoms with Crippen LogP contribution >= 0.6 is 0 Å². The minimum atomic E-state index is 0.279. The van der Waals surface area contributed by atoms with E-state index < -0.39 is 0 Å². The molecule has 1 aliphatic heterocycles. The molecule has 2 aliphatic rings. The first-order valence-corrected chi connectivity index (χ1v) is 7.90. The van der Waals surface area contributed by atoms with E-state index in [0.29, 0.717) is 6.04 Å². The van der Waals surface area contributed by atoms with Crippen molar-refractivity contribution in [3.05, 3.63) is 0 Å². The minimum absolute atomic E-state index is 0.279. The fourth-order valence-electron chi connectivity index (χ4n) is 3.67. The monoisotopic (exact) mass is 253 g/mol. The van der Waals surface area contributed by atoms with Crippen LogP contribution in [0.25, 0.3) is 0 Å². The van der Waals surface area contributed by atoms with Gasteiger partial charge in [0.25, 0.3) is 0 Å². The normalized spacial score (nSPS) is 27.2. The van der Waals surface area contributed by atoms with Crippen molar-refractivity contribution in [2.45, 2.75) is 71.4 Å². The van der Waals surface area contributed by atoms with Crippen LogP contribution in [0.1, 0.15) is 59.8 Å². The van der Waals surface area contributed by atoms with Gasteiger partial charge < -0.3 is 10.1 Å². The molecule has 1 saturated carbocycles. The fourth-order valence-corrected chi connectivity index (χ4v) is 3.67. The van der Waals surface area contributed by atoms with Crippen LogP contribution < -0.4 is 5.32 Å². The van der Waals surface area contributed by atoms with Gasteiger partial charge in [-0.2, -0.15) is 0 Å². The molecule has 1 unspecified atom stereocenters. The van der Waals surface area contributed by atoms with E-state index in [2.05, 4.69) is 33.0 Å². The summed E-state index contributed by atoms with van der Waals surface area (Å²) in [7, 11) is 0. The van der Waals surface area contributed by atoms with E-state index in [4.69, 9.17) is 4.74 Å². The zero-order chi connectivity index (χ0) is 13.2. The van der Waals surface area contributed by atoms with Crippen molar-refractivity contribution >= 4 is 0 Å². The summed E-state index contributed by atoms with van der Waals surface area (Å²) in [6.45, 7) is 11.5. The van der Waals surface area contributed by atoms with Gasteiger partial charge in [0.1, 0.15) is 0 Å². The highest BCUT2D eigenvalue weighted by Crippen LogP contribution is 2.42. The third kappa shape index (κ3) is 3.27. The summed E-state index contributed by atoms with van der Waals surface area (Å²) >= 11 is 0. The number of hydrogen-bond acceptors (Lipinski definition) is 2. The Labute approximate surface area is 113 Å². The second-order valence-corrected chi connectivity index (χ2v) is 7.13. The van der Waals surface area contributed by atoms with Gasteiger partial charge in [-0.15, -0.1) is 0 Å². The average Bonchev–Trinajstić information content (AvgIpc) is 2.26. The van der Waals surface area contributed by atoms with Crippen molar-refractivity contribution in [2.24, 2.45) is 17.8 Å². The molecule has 2 rings (SSSR count). The first kappa shape index (κ1) is 14.3. The molecule has 1 heterocycles. The van der Waals surface area contributed by atoms with E-state index in [1.165, 1.54) is 38.6 Å². The summed E-state index contributed by atoms with van der Waals surface area (Å²) in [4.78, 5) is 0. The molecule has 0 amide bonds. The number of ether oxygens (including phenoxy) is 1. The first-order chi connectivity index (χ1) is 8.52. The second-order valence-electron chi connectivity index (χ2n) is 7.13. The Hall–Kier alpha value is -0.0800. The van der Waals surface area contributed by atoms with E-state index >= 15 is 0 Å². The Morgan fingerprint density at radius 2 is 1.83 bits per heavy atom. The summed E-state index contributed by atoms with van der Waals surface area (Å²) in [6.07, 6.45) is 6.40. The van der Waals surface area contributed by atoms with Crippen LogP contribution in [0.5, 0.6) is 0 Å². The van der Waals surface area contributed by atoms with Crippen LogP contribution in [0.15, 0.2) is 0 Å². The van der Waals surface area contributed by atoms with E-state index in [0.717, 1.165) is 24.4 Å². The predicted molar refractivity (Wildman–Crippen MR) is 76.7 cm³/mol. The van der Waals surface area contributed by atoms with Crippen molar-refractivity contribution in [1.29, 1.82) is 0 Å². The molecule has 2 heteroatoms. The van der Waals surface area contributed by atoms with Gasteiger partial charge in [-0.3, -0.25) is 0 Å². The Morgan fingerprint density at radius 3 is 2.33 bits per heavy atom. The van der Waals surface area contributed by atoms with Crippen molar-refractivity contribution < 1.29 is 4.74 Å². The lowest BCUT2D eigenvalue weighted by Gasteiger charge is -2.47. The smallest absolute Gasteiger partial charge is 0.0697 e. The molecule has 0 radical (unpaired) electrons. The highest BCUT2D eigenvalue weighted by Gasteiger charge is 2.42. The predicted octanol–water partition coefficient (Wildman–Crippen LogP) is 3.61. The van der Waals surface area contributed by atoms with Crippen LogP contribution in [-0.4, -0.2) is 24.8 Å². The summed E-state index contributed by atoms with van der Waals surface area (Å²) < 4.78 is 5.99. The van der Waals surface area contributed by atoms with E-state index in [1.807, 2.05) is 0 Å². The molecule has 1 spiro atoms. The Bertz CT molecular complexity index is 250. The molecule has 1 aliphatic carbocycles. The number of rotatable bonds is 5. The molecule has 1 atom stereocenters. The highest BCUT2D eigenvalue weighted by molar-refractivity contribution is 4.96. The Morgan fingerprint density at radius 1 is 1.17 bits per heavy atom. The standard InChI is InChI=1S/C16H31NO/c1-12(2)15(13(3)4)11-17-14-6-9-18-16(10-14)7-5-8-16/h12-15,17H,5-11H2,1-4H3. The van der Waals surface area contributed by atoms with Crippen molar-refractivity contribution in [3.63, 3.8) is 0 Å². The maximum Gasteiger partial charge on any atom is 0.0697 e. The lowest BCUT2D eigenvalue weighted by Crippen LogP contribution is -2.51. The number of hydrogen-bond donors (Lipinski definition) is 1. The molecular weight excluding hydrogens is 222 g/mol. The fraction of sp³-hybridized carbons (Fsp3) is 1.00. The lowest BCUT2D eigenvalue weighted by molar-refractivity contribution is -0.135. The molecule has 1 N–H and O–H groups in total. The second kappa shape index (κ2) is 5.92. The SMILES string of the molecule is CC(C)C(CNC1CCOC2(CCC2)C1)C(C)C. The van der Waals surface area contributed by atoms with E-state index in [9.17, 15) is 0 Å². The Kier molecular flexibility index (Phi) is 4.71. The molecule has 0 bridgehead atoms. The van der Waals surface area contributed by atoms with Gasteiger partial charge >= 0.3 is 0 Å². The van der Waals surface area contributed by atoms with Crippen LogP contribution in [0, 0.1) is 17.8 Å². The van der Waals surface area contributed by atoms with Crippen LogP contribution in [-0.2, 0) is 4.74 Å². The molecule has 106 valence electrons. The molecule has 18 heavy (non-hydrogen) atoms.